The first-order chi connectivity index (χ1) is 8.27. The van der Waals surface area contributed by atoms with Crippen molar-refractivity contribution in [3.05, 3.63) is 23.8 Å². The van der Waals surface area contributed by atoms with Gasteiger partial charge in [-0.15, -0.1) is 10.2 Å². The number of rotatable bonds is 5. The topological polar surface area (TPSA) is 42.7 Å². The number of hydrogen-bond donors (Lipinski definition) is 1. The van der Waals surface area contributed by atoms with Gasteiger partial charge in [0.15, 0.2) is 0 Å². The molecule has 1 aromatic rings. The number of aryl methyl sites for hydroxylation is 1. The summed E-state index contributed by atoms with van der Waals surface area (Å²) in [6, 6.07) is 0. The lowest BCUT2D eigenvalue weighted by Gasteiger charge is -2.07. The molecule has 0 radical (unpaired) electrons. The lowest BCUT2D eigenvalue weighted by molar-refractivity contribution is 0.593. The maximum atomic E-state index is 4.31. The van der Waals surface area contributed by atoms with E-state index in [9.17, 15) is 0 Å². The lowest BCUT2D eigenvalue weighted by atomic mass is 10.2. The lowest BCUT2D eigenvalue weighted by Crippen LogP contribution is -2.20. The minimum absolute atomic E-state index is 0.890. The normalized spacial score (nSPS) is 15.4. The quantitative estimate of drug-likeness (QED) is 0.623. The molecule has 4 nitrogen and oxygen atoms in total. The van der Waals surface area contributed by atoms with Crippen LogP contribution in [0, 0.1) is 0 Å². The van der Waals surface area contributed by atoms with Gasteiger partial charge in [0.25, 0.3) is 0 Å². The monoisotopic (exact) mass is 234 g/mol. The van der Waals surface area contributed by atoms with Gasteiger partial charge in [0.2, 0.25) is 0 Å². The van der Waals surface area contributed by atoms with Gasteiger partial charge in [-0.05, 0) is 19.8 Å². The molecule has 1 aliphatic rings. The van der Waals surface area contributed by atoms with Gasteiger partial charge < -0.3 is 9.88 Å². The van der Waals surface area contributed by atoms with Gasteiger partial charge >= 0.3 is 0 Å². The van der Waals surface area contributed by atoms with E-state index in [1.54, 1.807) is 0 Å². The highest BCUT2D eigenvalue weighted by atomic mass is 15.3. The second kappa shape index (κ2) is 5.96. The van der Waals surface area contributed by atoms with E-state index in [1.807, 2.05) is 6.92 Å². The summed E-state index contributed by atoms with van der Waals surface area (Å²) in [7, 11) is 0. The Balaban J connectivity index is 1.88. The summed E-state index contributed by atoms with van der Waals surface area (Å²) in [6.07, 6.45) is 5.88. The van der Waals surface area contributed by atoms with E-state index in [4.69, 9.17) is 0 Å². The molecule has 1 aromatic heterocycles. The largest absolute Gasteiger partial charge is 0.315 e. The fourth-order valence-electron chi connectivity index (χ4n) is 2.23. The van der Waals surface area contributed by atoms with Gasteiger partial charge in [-0.25, -0.2) is 0 Å². The Morgan fingerprint density at radius 3 is 3.06 bits per heavy atom. The van der Waals surface area contributed by atoms with Gasteiger partial charge in [0, 0.05) is 32.5 Å². The molecule has 1 aliphatic heterocycles. The number of aromatic nitrogens is 3. The number of nitrogens with one attached hydrogen (secondary N) is 1. The van der Waals surface area contributed by atoms with Gasteiger partial charge in [-0.1, -0.05) is 18.6 Å². The Morgan fingerprint density at radius 2 is 2.24 bits per heavy atom. The van der Waals surface area contributed by atoms with Crippen LogP contribution < -0.4 is 5.32 Å². The van der Waals surface area contributed by atoms with Crippen molar-refractivity contribution < 1.29 is 0 Å². The average Bonchev–Trinajstić information content (AvgIpc) is 2.54. The first-order valence-electron chi connectivity index (χ1n) is 6.53. The van der Waals surface area contributed by atoms with Crippen molar-refractivity contribution in [2.24, 2.45) is 0 Å². The number of fused-ring (bicyclic) bond motifs is 1. The fraction of sp³-hybridized carbons (Fsp3) is 0.692. The van der Waals surface area contributed by atoms with Gasteiger partial charge in [0.1, 0.15) is 11.6 Å². The summed E-state index contributed by atoms with van der Waals surface area (Å²) in [5.41, 5.74) is 1.17. The summed E-state index contributed by atoms with van der Waals surface area (Å²) in [5.74, 6) is 2.31. The predicted molar refractivity (Wildman–Crippen MR) is 69.0 cm³/mol. The molecule has 0 atom stereocenters. The second-order valence-corrected chi connectivity index (χ2v) is 4.88. The van der Waals surface area contributed by atoms with Crippen molar-refractivity contribution in [2.75, 3.05) is 13.1 Å². The van der Waals surface area contributed by atoms with Crippen LogP contribution in [0.4, 0.5) is 0 Å². The smallest absolute Gasteiger partial charge is 0.134 e. The molecule has 0 bridgehead atoms. The average molecular weight is 234 g/mol. The van der Waals surface area contributed by atoms with Crippen molar-refractivity contribution in [1.29, 1.82) is 0 Å². The van der Waals surface area contributed by atoms with E-state index in [2.05, 4.69) is 26.7 Å². The Bertz CT molecular complexity index is 381. The van der Waals surface area contributed by atoms with E-state index >= 15 is 0 Å². The van der Waals surface area contributed by atoms with Gasteiger partial charge in [-0.3, -0.25) is 0 Å². The molecule has 0 unspecified atom stereocenters. The molecule has 0 aromatic carbocycles. The zero-order valence-corrected chi connectivity index (χ0v) is 10.7. The van der Waals surface area contributed by atoms with Crippen molar-refractivity contribution in [1.82, 2.24) is 20.1 Å². The summed E-state index contributed by atoms with van der Waals surface area (Å²) >= 11 is 0. The zero-order chi connectivity index (χ0) is 12.1. The molecule has 0 fully saturated rings. The maximum absolute atomic E-state index is 4.31. The van der Waals surface area contributed by atoms with Crippen LogP contribution in [-0.4, -0.2) is 27.9 Å². The highest BCUT2D eigenvalue weighted by molar-refractivity contribution is 4.99. The molecule has 0 saturated carbocycles. The zero-order valence-electron chi connectivity index (χ0n) is 10.7. The van der Waals surface area contributed by atoms with Crippen LogP contribution in [0.1, 0.15) is 37.8 Å². The maximum Gasteiger partial charge on any atom is 0.134 e. The SMILES string of the molecule is C=C(C)CNCCc1nnc2n1CCCCC2. The molecular weight excluding hydrogens is 212 g/mol. The minimum Gasteiger partial charge on any atom is -0.315 e. The third-order valence-corrected chi connectivity index (χ3v) is 3.14. The van der Waals surface area contributed by atoms with Crippen molar-refractivity contribution in [3.8, 4) is 0 Å². The van der Waals surface area contributed by atoms with Crippen LogP contribution in [0.15, 0.2) is 12.2 Å². The molecule has 0 saturated heterocycles. The summed E-state index contributed by atoms with van der Waals surface area (Å²) < 4.78 is 2.31. The molecule has 1 N–H and O–H groups in total. The van der Waals surface area contributed by atoms with Crippen LogP contribution in [0.3, 0.4) is 0 Å². The van der Waals surface area contributed by atoms with E-state index in [0.717, 1.165) is 38.3 Å². The third-order valence-electron chi connectivity index (χ3n) is 3.14. The van der Waals surface area contributed by atoms with Gasteiger partial charge in [0.05, 0.1) is 0 Å². The van der Waals surface area contributed by atoms with Crippen molar-refractivity contribution in [2.45, 2.75) is 45.6 Å². The molecule has 17 heavy (non-hydrogen) atoms. The molecule has 2 heterocycles. The van der Waals surface area contributed by atoms with E-state index in [0.29, 0.717) is 0 Å². The van der Waals surface area contributed by atoms with E-state index in [1.165, 1.54) is 30.7 Å². The molecule has 94 valence electrons. The third kappa shape index (κ3) is 3.40. The standard InChI is InChI=1S/C13H22N4/c1-11(2)10-14-8-7-13-16-15-12-6-4-3-5-9-17(12)13/h14H,1,3-10H2,2H3. The number of hydrogen-bond acceptors (Lipinski definition) is 3. The predicted octanol–water partition coefficient (Wildman–Crippen LogP) is 1.71. The highest BCUT2D eigenvalue weighted by Crippen LogP contribution is 2.14. The van der Waals surface area contributed by atoms with Crippen LogP contribution in [-0.2, 0) is 19.4 Å². The summed E-state index contributed by atoms with van der Waals surface area (Å²) in [5, 5.41) is 12.0. The van der Waals surface area contributed by atoms with Gasteiger partial charge in [-0.2, -0.15) is 0 Å². The number of nitrogens with zero attached hydrogens (tertiary/aromatic N) is 3. The molecular formula is C13H22N4. The van der Waals surface area contributed by atoms with Crippen LogP contribution in [0.5, 0.6) is 0 Å². The minimum atomic E-state index is 0.890. The summed E-state index contributed by atoms with van der Waals surface area (Å²) in [4.78, 5) is 0. The fourth-order valence-corrected chi connectivity index (χ4v) is 2.23. The van der Waals surface area contributed by atoms with E-state index in [-0.39, 0.29) is 0 Å². The van der Waals surface area contributed by atoms with Crippen LogP contribution in [0.25, 0.3) is 0 Å². The Hall–Kier alpha value is -1.16. The Labute approximate surface area is 103 Å². The molecule has 4 heteroatoms. The van der Waals surface area contributed by atoms with Crippen LogP contribution in [0.2, 0.25) is 0 Å². The molecule has 0 aliphatic carbocycles. The van der Waals surface area contributed by atoms with E-state index < -0.39 is 0 Å². The second-order valence-electron chi connectivity index (χ2n) is 4.88. The Morgan fingerprint density at radius 1 is 1.35 bits per heavy atom. The Kier molecular flexibility index (Phi) is 4.31. The van der Waals surface area contributed by atoms with Crippen LogP contribution >= 0.6 is 0 Å². The molecule has 2 rings (SSSR count). The molecule has 0 spiro atoms. The first-order valence-corrected chi connectivity index (χ1v) is 6.53. The van der Waals surface area contributed by atoms with Crippen molar-refractivity contribution in [3.63, 3.8) is 0 Å². The molecule has 0 amide bonds. The first kappa shape index (κ1) is 12.3. The summed E-state index contributed by atoms with van der Waals surface area (Å²) in [6.45, 7) is 8.85. The van der Waals surface area contributed by atoms with Crippen molar-refractivity contribution >= 4 is 0 Å². The highest BCUT2D eigenvalue weighted by Gasteiger charge is 2.13.